The van der Waals surface area contributed by atoms with Crippen molar-refractivity contribution in [1.82, 2.24) is 15.3 Å². The predicted molar refractivity (Wildman–Crippen MR) is 89.3 cm³/mol. The Morgan fingerprint density at radius 3 is 2.77 bits per heavy atom. The number of nitrogens with zero attached hydrogens (tertiary/aromatic N) is 3. The summed E-state index contributed by atoms with van der Waals surface area (Å²) < 4.78 is 0. The molecule has 1 fully saturated rings. The van der Waals surface area contributed by atoms with Crippen LogP contribution in [-0.2, 0) is 12.8 Å². The zero-order valence-electron chi connectivity index (χ0n) is 13.1. The van der Waals surface area contributed by atoms with Crippen LogP contribution in [0.25, 0.3) is 11.4 Å². The fourth-order valence-corrected chi connectivity index (χ4v) is 3.46. The van der Waals surface area contributed by atoms with Gasteiger partial charge in [0.05, 0.1) is 0 Å². The van der Waals surface area contributed by atoms with Crippen LogP contribution in [-0.4, -0.2) is 36.1 Å². The molecule has 1 N–H and O–H groups in total. The van der Waals surface area contributed by atoms with E-state index in [1.165, 1.54) is 29.1 Å². The van der Waals surface area contributed by atoms with Gasteiger partial charge in [0.15, 0.2) is 5.82 Å². The van der Waals surface area contributed by atoms with Crippen LogP contribution in [0.4, 0.5) is 5.82 Å². The Balaban J connectivity index is 1.80. The summed E-state index contributed by atoms with van der Waals surface area (Å²) in [4.78, 5) is 12.3. The third kappa shape index (κ3) is 2.48. The van der Waals surface area contributed by atoms with Crippen molar-refractivity contribution in [2.45, 2.75) is 26.2 Å². The molecule has 1 saturated heterocycles. The van der Waals surface area contributed by atoms with Gasteiger partial charge in [-0.25, -0.2) is 9.97 Å². The van der Waals surface area contributed by atoms with Gasteiger partial charge < -0.3 is 10.2 Å². The monoisotopic (exact) mass is 294 g/mol. The van der Waals surface area contributed by atoms with Crippen LogP contribution >= 0.6 is 0 Å². The highest BCUT2D eigenvalue weighted by molar-refractivity contribution is 5.62. The maximum atomic E-state index is 4.97. The molecule has 4 heteroatoms. The van der Waals surface area contributed by atoms with Crippen LogP contribution in [0, 0.1) is 6.92 Å². The van der Waals surface area contributed by atoms with Crippen molar-refractivity contribution in [1.29, 1.82) is 0 Å². The van der Waals surface area contributed by atoms with Crippen LogP contribution in [0.2, 0.25) is 0 Å². The highest BCUT2D eigenvalue weighted by atomic mass is 15.2. The fourth-order valence-electron chi connectivity index (χ4n) is 3.46. The van der Waals surface area contributed by atoms with Crippen molar-refractivity contribution in [3.8, 4) is 11.4 Å². The van der Waals surface area contributed by atoms with Crippen molar-refractivity contribution < 1.29 is 0 Å². The number of hydrogen-bond acceptors (Lipinski definition) is 4. The molecule has 22 heavy (non-hydrogen) atoms. The second-order valence-corrected chi connectivity index (χ2v) is 6.26. The summed E-state index contributed by atoms with van der Waals surface area (Å²) in [5, 5.41) is 3.42. The lowest BCUT2D eigenvalue weighted by Gasteiger charge is -2.30. The number of rotatable bonds is 2. The summed E-state index contributed by atoms with van der Waals surface area (Å²) in [6.07, 6.45) is 3.43. The first-order valence-corrected chi connectivity index (χ1v) is 8.24. The highest BCUT2D eigenvalue weighted by Gasteiger charge is 2.24. The van der Waals surface area contributed by atoms with E-state index in [0.717, 1.165) is 50.4 Å². The molecule has 0 bridgehead atoms. The second kappa shape index (κ2) is 5.69. The Bertz CT molecular complexity index is 689. The number of aryl methyl sites for hydroxylation is 2. The number of benzene rings is 1. The highest BCUT2D eigenvalue weighted by Crippen LogP contribution is 2.31. The topological polar surface area (TPSA) is 41.1 Å². The number of anilines is 1. The zero-order chi connectivity index (χ0) is 14.9. The van der Waals surface area contributed by atoms with E-state index >= 15 is 0 Å². The Morgan fingerprint density at radius 1 is 1.09 bits per heavy atom. The fraction of sp³-hybridized carbons (Fsp3) is 0.444. The SMILES string of the molecule is Cc1cccc(-c2nc3c(c(N4CCNCC4)n2)CCC3)c1. The summed E-state index contributed by atoms with van der Waals surface area (Å²) in [5.74, 6) is 2.07. The van der Waals surface area contributed by atoms with E-state index in [9.17, 15) is 0 Å². The minimum atomic E-state index is 0.887. The molecule has 1 aromatic heterocycles. The number of aromatic nitrogens is 2. The molecule has 0 atom stereocenters. The first-order chi connectivity index (χ1) is 10.8. The molecule has 0 saturated carbocycles. The van der Waals surface area contributed by atoms with Gasteiger partial charge in [0.2, 0.25) is 0 Å². The minimum Gasteiger partial charge on any atom is -0.354 e. The van der Waals surface area contributed by atoms with Crippen molar-refractivity contribution in [3.05, 3.63) is 41.1 Å². The molecule has 1 aromatic carbocycles. The first kappa shape index (κ1) is 13.7. The molecule has 2 heterocycles. The predicted octanol–water partition coefficient (Wildman–Crippen LogP) is 2.35. The maximum Gasteiger partial charge on any atom is 0.161 e. The third-order valence-corrected chi connectivity index (χ3v) is 4.60. The molecular weight excluding hydrogens is 272 g/mol. The molecule has 1 aliphatic carbocycles. The normalized spacial score (nSPS) is 17.6. The molecule has 114 valence electrons. The standard InChI is InChI=1S/C18H22N4/c1-13-4-2-5-14(12-13)17-20-16-7-3-6-15(16)18(21-17)22-10-8-19-9-11-22/h2,4-5,12,19H,3,6-11H2,1H3. The number of nitrogens with one attached hydrogen (secondary N) is 1. The van der Waals surface area contributed by atoms with E-state index in [0.29, 0.717) is 0 Å². The van der Waals surface area contributed by atoms with Crippen LogP contribution in [0.5, 0.6) is 0 Å². The quantitative estimate of drug-likeness (QED) is 0.923. The van der Waals surface area contributed by atoms with E-state index in [-0.39, 0.29) is 0 Å². The van der Waals surface area contributed by atoms with Gasteiger partial charge in [0, 0.05) is 43.0 Å². The molecule has 0 spiro atoms. The summed E-state index contributed by atoms with van der Waals surface area (Å²) in [7, 11) is 0. The van der Waals surface area contributed by atoms with Crippen molar-refractivity contribution >= 4 is 5.82 Å². The molecular formula is C18H22N4. The van der Waals surface area contributed by atoms with Gasteiger partial charge in [-0.1, -0.05) is 23.8 Å². The molecule has 1 aliphatic heterocycles. The van der Waals surface area contributed by atoms with Crippen LogP contribution in [0.1, 0.15) is 23.2 Å². The Hall–Kier alpha value is -1.94. The van der Waals surface area contributed by atoms with E-state index in [1.54, 1.807) is 0 Å². The van der Waals surface area contributed by atoms with E-state index < -0.39 is 0 Å². The van der Waals surface area contributed by atoms with Crippen molar-refractivity contribution in [3.63, 3.8) is 0 Å². The Labute approximate surface area is 131 Å². The third-order valence-electron chi connectivity index (χ3n) is 4.60. The van der Waals surface area contributed by atoms with Crippen molar-refractivity contribution in [2.24, 2.45) is 0 Å². The van der Waals surface area contributed by atoms with Gasteiger partial charge in [0.25, 0.3) is 0 Å². The molecule has 2 aromatic rings. The average Bonchev–Trinajstić information content (AvgIpc) is 3.03. The van der Waals surface area contributed by atoms with Gasteiger partial charge >= 0.3 is 0 Å². The number of hydrogen-bond donors (Lipinski definition) is 1. The van der Waals surface area contributed by atoms with Gasteiger partial charge in [-0.2, -0.15) is 0 Å². The van der Waals surface area contributed by atoms with E-state index in [2.05, 4.69) is 41.4 Å². The average molecular weight is 294 g/mol. The lowest BCUT2D eigenvalue weighted by atomic mass is 10.1. The number of fused-ring (bicyclic) bond motifs is 1. The summed E-state index contributed by atoms with van der Waals surface area (Å²) in [5.41, 5.74) is 5.04. The Kier molecular flexibility index (Phi) is 3.54. The largest absolute Gasteiger partial charge is 0.354 e. The van der Waals surface area contributed by atoms with E-state index in [4.69, 9.17) is 9.97 Å². The lowest BCUT2D eigenvalue weighted by molar-refractivity contribution is 0.583. The molecule has 0 unspecified atom stereocenters. The molecule has 0 radical (unpaired) electrons. The number of piperazine rings is 1. The first-order valence-electron chi connectivity index (χ1n) is 8.24. The van der Waals surface area contributed by atoms with Gasteiger partial charge in [0.1, 0.15) is 5.82 Å². The van der Waals surface area contributed by atoms with Gasteiger partial charge in [-0.3, -0.25) is 0 Å². The van der Waals surface area contributed by atoms with E-state index in [1.807, 2.05) is 0 Å². The van der Waals surface area contributed by atoms with Gasteiger partial charge in [-0.15, -0.1) is 0 Å². The molecule has 4 nitrogen and oxygen atoms in total. The smallest absolute Gasteiger partial charge is 0.161 e. The van der Waals surface area contributed by atoms with Crippen LogP contribution in [0.15, 0.2) is 24.3 Å². The summed E-state index contributed by atoms with van der Waals surface area (Å²) in [6.45, 7) is 6.28. The Morgan fingerprint density at radius 2 is 1.95 bits per heavy atom. The maximum absolute atomic E-state index is 4.97. The summed E-state index contributed by atoms with van der Waals surface area (Å²) >= 11 is 0. The minimum absolute atomic E-state index is 0.887. The molecule has 2 aliphatic rings. The van der Waals surface area contributed by atoms with Crippen molar-refractivity contribution in [2.75, 3.05) is 31.1 Å². The molecule has 4 rings (SSSR count). The second-order valence-electron chi connectivity index (χ2n) is 6.26. The van der Waals surface area contributed by atoms with Gasteiger partial charge in [-0.05, 0) is 32.3 Å². The van der Waals surface area contributed by atoms with Crippen LogP contribution in [0.3, 0.4) is 0 Å². The lowest BCUT2D eigenvalue weighted by Crippen LogP contribution is -2.44. The molecule has 0 amide bonds. The zero-order valence-corrected chi connectivity index (χ0v) is 13.1. The summed E-state index contributed by atoms with van der Waals surface area (Å²) in [6, 6.07) is 8.50. The van der Waals surface area contributed by atoms with Crippen LogP contribution < -0.4 is 10.2 Å².